The van der Waals surface area contributed by atoms with Gasteiger partial charge in [-0.15, -0.1) is 11.8 Å². The lowest BCUT2D eigenvalue weighted by molar-refractivity contribution is -0.113. The van der Waals surface area contributed by atoms with Crippen molar-refractivity contribution in [3.63, 3.8) is 0 Å². The molecule has 0 spiro atoms. The van der Waals surface area contributed by atoms with Gasteiger partial charge in [0.1, 0.15) is 11.6 Å². The number of carbonyl (C=O) groups is 1. The number of aryl methyl sites for hydroxylation is 1. The number of anilines is 1. The van der Waals surface area contributed by atoms with Crippen LogP contribution in [0.4, 0.5) is 10.2 Å². The molecule has 4 aromatic rings. The van der Waals surface area contributed by atoms with Crippen molar-refractivity contribution < 1.29 is 9.18 Å². The maximum atomic E-state index is 13.8. The second-order valence-corrected chi connectivity index (χ2v) is 8.62. The van der Waals surface area contributed by atoms with Crippen LogP contribution >= 0.6 is 23.1 Å². The molecule has 140 valence electrons. The van der Waals surface area contributed by atoms with Crippen LogP contribution in [0.25, 0.3) is 15.3 Å². The Morgan fingerprint density at radius 1 is 1.21 bits per heavy atom. The summed E-state index contributed by atoms with van der Waals surface area (Å²) in [5, 5.41) is 8.16. The zero-order valence-electron chi connectivity index (χ0n) is 14.8. The van der Waals surface area contributed by atoms with E-state index in [1.165, 1.54) is 35.2 Å². The molecule has 1 N–H and O–H groups in total. The normalized spacial score (nSPS) is 16.6. The minimum absolute atomic E-state index is 0.104. The molecule has 1 aliphatic heterocycles. The molecule has 0 radical (unpaired) electrons. The summed E-state index contributed by atoms with van der Waals surface area (Å²) in [4.78, 5) is 17.1. The molecule has 0 fully saturated rings. The third-order valence-corrected chi connectivity index (χ3v) is 6.91. The first kappa shape index (κ1) is 17.4. The minimum atomic E-state index is -0.292. The fourth-order valence-electron chi connectivity index (χ4n) is 3.41. The highest BCUT2D eigenvalue weighted by Gasteiger charge is 2.31. The van der Waals surface area contributed by atoms with E-state index in [0.29, 0.717) is 10.9 Å². The van der Waals surface area contributed by atoms with Crippen molar-refractivity contribution >= 4 is 45.0 Å². The Balaban J connectivity index is 1.70. The van der Waals surface area contributed by atoms with Gasteiger partial charge in [-0.2, -0.15) is 9.78 Å². The monoisotopic (exact) mass is 410 g/mol. The molecule has 3 heterocycles. The van der Waals surface area contributed by atoms with E-state index in [4.69, 9.17) is 0 Å². The lowest BCUT2D eigenvalue weighted by Crippen LogP contribution is -2.15. The number of rotatable bonds is 2. The van der Waals surface area contributed by atoms with Crippen molar-refractivity contribution in [1.29, 1.82) is 0 Å². The molecule has 5 nitrogen and oxygen atoms in total. The van der Waals surface area contributed by atoms with Crippen LogP contribution in [0.1, 0.15) is 22.1 Å². The second-order valence-electron chi connectivity index (χ2n) is 6.52. The van der Waals surface area contributed by atoms with Crippen LogP contribution in [0.15, 0.2) is 48.5 Å². The molecule has 1 amide bonds. The lowest BCUT2D eigenvalue weighted by atomic mass is 10.0. The maximum Gasteiger partial charge on any atom is 0.235 e. The summed E-state index contributed by atoms with van der Waals surface area (Å²) >= 11 is 2.99. The highest BCUT2D eigenvalue weighted by molar-refractivity contribution is 8.00. The first-order valence-electron chi connectivity index (χ1n) is 8.72. The van der Waals surface area contributed by atoms with E-state index in [9.17, 15) is 9.18 Å². The van der Waals surface area contributed by atoms with Gasteiger partial charge in [0.2, 0.25) is 11.0 Å². The second kappa shape index (κ2) is 6.72. The lowest BCUT2D eigenvalue weighted by Gasteiger charge is -2.15. The van der Waals surface area contributed by atoms with Crippen molar-refractivity contribution in [2.75, 3.05) is 11.1 Å². The molecule has 0 bridgehead atoms. The van der Waals surface area contributed by atoms with E-state index in [1.807, 2.05) is 37.3 Å². The van der Waals surface area contributed by atoms with Crippen LogP contribution in [-0.4, -0.2) is 26.4 Å². The van der Waals surface area contributed by atoms with Gasteiger partial charge in [0, 0.05) is 5.56 Å². The molecule has 2 aromatic carbocycles. The molecular formula is C20H15FN4OS2. The zero-order valence-corrected chi connectivity index (χ0v) is 16.5. The minimum Gasteiger partial charge on any atom is -0.310 e. The number of thioether (sulfide) groups is 1. The van der Waals surface area contributed by atoms with Crippen LogP contribution in [-0.2, 0) is 4.79 Å². The molecule has 2 aromatic heterocycles. The van der Waals surface area contributed by atoms with Crippen LogP contribution in [0.5, 0.6) is 0 Å². The number of nitrogens with one attached hydrogen (secondary N) is 1. The molecule has 28 heavy (non-hydrogen) atoms. The van der Waals surface area contributed by atoms with E-state index in [1.54, 1.807) is 10.7 Å². The van der Waals surface area contributed by atoms with Crippen molar-refractivity contribution in [3.05, 3.63) is 71.2 Å². The van der Waals surface area contributed by atoms with Gasteiger partial charge in [-0.25, -0.2) is 9.37 Å². The largest absolute Gasteiger partial charge is 0.310 e. The number of fused-ring (bicyclic) bond motifs is 2. The molecule has 0 saturated carbocycles. The Hall–Kier alpha value is -2.71. The Labute approximate surface area is 168 Å². The summed E-state index contributed by atoms with van der Waals surface area (Å²) in [7, 11) is 0. The SMILES string of the molecule is Cc1nn(-c2nc3ccccc3s2)c2c1[C@H](c1cccc(F)c1)SCC(=O)N2. The fraction of sp³-hybridized carbons (Fsp3) is 0.150. The van der Waals surface area contributed by atoms with Gasteiger partial charge in [-0.1, -0.05) is 35.6 Å². The zero-order chi connectivity index (χ0) is 19.3. The quantitative estimate of drug-likeness (QED) is 0.520. The summed E-state index contributed by atoms with van der Waals surface area (Å²) in [6, 6.07) is 14.4. The first-order valence-corrected chi connectivity index (χ1v) is 10.6. The van der Waals surface area contributed by atoms with E-state index in [-0.39, 0.29) is 22.7 Å². The van der Waals surface area contributed by atoms with Crippen LogP contribution in [0, 0.1) is 12.7 Å². The van der Waals surface area contributed by atoms with Gasteiger partial charge in [0.15, 0.2) is 0 Å². The predicted molar refractivity (Wildman–Crippen MR) is 111 cm³/mol. The molecule has 0 saturated heterocycles. The molecular weight excluding hydrogens is 395 g/mol. The predicted octanol–water partition coefficient (Wildman–Crippen LogP) is 4.70. The molecule has 1 atom stereocenters. The number of aromatic nitrogens is 3. The third kappa shape index (κ3) is 2.89. The number of thiazole rings is 1. The summed E-state index contributed by atoms with van der Waals surface area (Å²) in [5.41, 5.74) is 3.38. The van der Waals surface area contributed by atoms with Gasteiger partial charge in [-0.3, -0.25) is 4.79 Å². The molecule has 0 unspecified atom stereocenters. The average Bonchev–Trinajstić information content (AvgIpc) is 3.18. The number of amides is 1. The van der Waals surface area contributed by atoms with Crippen molar-refractivity contribution in [2.24, 2.45) is 0 Å². The van der Waals surface area contributed by atoms with Gasteiger partial charge in [-0.05, 0) is 36.8 Å². The van der Waals surface area contributed by atoms with Crippen molar-refractivity contribution in [3.8, 4) is 5.13 Å². The van der Waals surface area contributed by atoms with Gasteiger partial charge in [0.25, 0.3) is 0 Å². The summed E-state index contributed by atoms with van der Waals surface area (Å²) in [6.07, 6.45) is 0. The Morgan fingerprint density at radius 2 is 2.07 bits per heavy atom. The molecule has 8 heteroatoms. The average molecular weight is 410 g/mol. The van der Waals surface area contributed by atoms with E-state index < -0.39 is 0 Å². The van der Waals surface area contributed by atoms with Gasteiger partial charge >= 0.3 is 0 Å². The number of hydrogen-bond acceptors (Lipinski definition) is 5. The Kier molecular flexibility index (Phi) is 4.17. The number of benzene rings is 2. The smallest absolute Gasteiger partial charge is 0.235 e. The fourth-order valence-corrected chi connectivity index (χ4v) is 5.51. The third-order valence-electron chi connectivity index (χ3n) is 4.62. The number of para-hydroxylation sites is 1. The maximum absolute atomic E-state index is 13.8. The van der Waals surface area contributed by atoms with Crippen LogP contribution in [0.3, 0.4) is 0 Å². The van der Waals surface area contributed by atoms with Gasteiger partial charge < -0.3 is 5.32 Å². The highest BCUT2D eigenvalue weighted by atomic mass is 32.2. The Bertz CT molecular complexity index is 1180. The van der Waals surface area contributed by atoms with Gasteiger partial charge in [0.05, 0.1) is 26.9 Å². The number of halogens is 1. The summed E-state index contributed by atoms with van der Waals surface area (Å²) in [5.74, 6) is 0.502. The standard InChI is InChI=1S/C20H15FN4OS2/c1-11-17-18(12-5-4-6-13(21)9-12)27-10-16(26)23-19(17)25(24-11)20-22-14-7-2-3-8-15(14)28-20/h2-9,18H,10H2,1H3,(H,23,26)/t18-/m0/s1. The molecule has 0 aliphatic carbocycles. The van der Waals surface area contributed by atoms with E-state index in [0.717, 1.165) is 27.0 Å². The van der Waals surface area contributed by atoms with E-state index in [2.05, 4.69) is 15.4 Å². The summed E-state index contributed by atoms with van der Waals surface area (Å²) < 4.78 is 16.6. The highest BCUT2D eigenvalue weighted by Crippen LogP contribution is 2.44. The number of nitrogens with zero attached hydrogens (tertiary/aromatic N) is 3. The topological polar surface area (TPSA) is 59.8 Å². The molecule has 1 aliphatic rings. The molecule has 5 rings (SSSR count). The van der Waals surface area contributed by atoms with Crippen molar-refractivity contribution in [1.82, 2.24) is 14.8 Å². The summed E-state index contributed by atoms with van der Waals surface area (Å²) in [6.45, 7) is 1.91. The Morgan fingerprint density at radius 3 is 2.89 bits per heavy atom. The van der Waals surface area contributed by atoms with Crippen molar-refractivity contribution in [2.45, 2.75) is 12.2 Å². The van der Waals surface area contributed by atoms with Crippen LogP contribution in [0.2, 0.25) is 0 Å². The number of carbonyl (C=O) groups excluding carboxylic acids is 1. The first-order chi connectivity index (χ1) is 13.6. The number of hydrogen-bond donors (Lipinski definition) is 1. The van der Waals surface area contributed by atoms with Crippen LogP contribution < -0.4 is 5.32 Å². The van der Waals surface area contributed by atoms with E-state index >= 15 is 0 Å².